The van der Waals surface area contributed by atoms with Crippen molar-refractivity contribution in [1.29, 1.82) is 0 Å². The lowest BCUT2D eigenvalue weighted by Crippen LogP contribution is -2.41. The highest BCUT2D eigenvalue weighted by Crippen LogP contribution is 2.09. The smallest absolute Gasteiger partial charge is 0.191 e. The number of nitrogens with one attached hydrogen (secondary N) is 2. The molecule has 0 saturated carbocycles. The van der Waals surface area contributed by atoms with Crippen molar-refractivity contribution < 1.29 is 0 Å². The molecule has 5 heteroatoms. The summed E-state index contributed by atoms with van der Waals surface area (Å²) < 4.78 is 0. The first kappa shape index (κ1) is 14.0. The molecule has 0 aliphatic carbocycles. The first-order chi connectivity index (χ1) is 8.19. The third kappa shape index (κ3) is 4.73. The number of hydrogen-bond donors (Lipinski definition) is 2. The highest BCUT2D eigenvalue weighted by atomic mass is 32.1. The Balaban J connectivity index is 2.42. The van der Waals surface area contributed by atoms with E-state index in [0.717, 1.165) is 31.0 Å². The summed E-state index contributed by atoms with van der Waals surface area (Å²) in [5.74, 6) is 0.838. The fourth-order valence-corrected chi connectivity index (χ4v) is 2.04. The molecular formula is C12H22N4S. The minimum atomic E-state index is 0.433. The van der Waals surface area contributed by atoms with Crippen LogP contribution in [0.25, 0.3) is 0 Å². The molecule has 1 heterocycles. The Labute approximate surface area is 108 Å². The summed E-state index contributed by atoms with van der Waals surface area (Å²) in [5.41, 5.74) is 1.08. The predicted octanol–water partition coefficient (Wildman–Crippen LogP) is 2.17. The first-order valence-electron chi connectivity index (χ1n) is 6.10. The second-order valence-corrected chi connectivity index (χ2v) is 4.91. The fraction of sp³-hybridized carbons (Fsp3) is 0.667. The van der Waals surface area contributed by atoms with Gasteiger partial charge in [-0.25, -0.2) is 4.98 Å². The average Bonchev–Trinajstić information content (AvgIpc) is 2.82. The van der Waals surface area contributed by atoms with Gasteiger partial charge in [-0.1, -0.05) is 13.8 Å². The molecule has 1 unspecified atom stereocenters. The number of nitrogens with zero attached hydrogens (tertiary/aromatic N) is 2. The molecule has 1 aromatic heterocycles. The molecule has 17 heavy (non-hydrogen) atoms. The van der Waals surface area contributed by atoms with Gasteiger partial charge in [-0.05, 0) is 19.8 Å². The minimum absolute atomic E-state index is 0.433. The lowest BCUT2D eigenvalue weighted by Gasteiger charge is -2.15. The zero-order valence-corrected chi connectivity index (χ0v) is 11.9. The standard InChI is InChI=1S/C12H22N4S/c1-5-9(3)15-12(13-4)14-7-10-8-17-11(6-2)16-10/h8-9H,5-7H2,1-4H3,(H2,13,14,15). The van der Waals surface area contributed by atoms with Crippen LogP contribution in [0.2, 0.25) is 0 Å². The molecule has 1 rings (SSSR count). The van der Waals surface area contributed by atoms with E-state index in [1.807, 2.05) is 0 Å². The normalized spacial score (nSPS) is 13.5. The fourth-order valence-electron chi connectivity index (χ4n) is 1.30. The summed E-state index contributed by atoms with van der Waals surface area (Å²) in [4.78, 5) is 8.70. The topological polar surface area (TPSA) is 49.3 Å². The van der Waals surface area contributed by atoms with E-state index in [1.165, 1.54) is 5.01 Å². The molecule has 0 aliphatic rings. The van der Waals surface area contributed by atoms with Crippen molar-refractivity contribution in [3.63, 3.8) is 0 Å². The molecule has 1 aromatic rings. The van der Waals surface area contributed by atoms with Gasteiger partial charge >= 0.3 is 0 Å². The van der Waals surface area contributed by atoms with Crippen molar-refractivity contribution in [3.8, 4) is 0 Å². The Morgan fingerprint density at radius 3 is 2.82 bits per heavy atom. The van der Waals surface area contributed by atoms with Crippen molar-refractivity contribution in [2.75, 3.05) is 7.05 Å². The van der Waals surface area contributed by atoms with E-state index in [2.05, 4.69) is 46.8 Å². The Morgan fingerprint density at radius 1 is 1.53 bits per heavy atom. The van der Waals surface area contributed by atoms with Crippen molar-refractivity contribution in [1.82, 2.24) is 15.6 Å². The molecule has 0 aliphatic heterocycles. The zero-order valence-electron chi connectivity index (χ0n) is 11.1. The quantitative estimate of drug-likeness (QED) is 0.625. The third-order valence-corrected chi connectivity index (χ3v) is 3.60. The summed E-state index contributed by atoms with van der Waals surface area (Å²) in [7, 11) is 1.79. The molecular weight excluding hydrogens is 232 g/mol. The second kappa shape index (κ2) is 7.27. The maximum absolute atomic E-state index is 4.51. The van der Waals surface area contributed by atoms with Crippen LogP contribution in [-0.4, -0.2) is 24.0 Å². The lowest BCUT2D eigenvalue weighted by atomic mass is 10.3. The number of hydrogen-bond acceptors (Lipinski definition) is 3. The molecule has 96 valence electrons. The van der Waals surface area contributed by atoms with Gasteiger partial charge in [0.25, 0.3) is 0 Å². The van der Waals surface area contributed by atoms with Crippen LogP contribution in [0.3, 0.4) is 0 Å². The van der Waals surface area contributed by atoms with Crippen LogP contribution in [0, 0.1) is 0 Å². The van der Waals surface area contributed by atoms with Gasteiger partial charge < -0.3 is 10.6 Å². The van der Waals surface area contributed by atoms with Gasteiger partial charge in [0.15, 0.2) is 5.96 Å². The van der Waals surface area contributed by atoms with Crippen molar-refractivity contribution in [2.24, 2.45) is 4.99 Å². The molecule has 0 fully saturated rings. The number of rotatable bonds is 5. The largest absolute Gasteiger partial charge is 0.354 e. The van der Waals surface area contributed by atoms with Crippen molar-refractivity contribution in [2.45, 2.75) is 46.2 Å². The van der Waals surface area contributed by atoms with E-state index >= 15 is 0 Å². The molecule has 0 bridgehead atoms. The molecule has 4 nitrogen and oxygen atoms in total. The van der Waals surface area contributed by atoms with Crippen LogP contribution in [0.1, 0.15) is 37.9 Å². The van der Waals surface area contributed by atoms with Crippen LogP contribution in [0.15, 0.2) is 10.4 Å². The Bertz CT molecular complexity index is 359. The van der Waals surface area contributed by atoms with Crippen LogP contribution in [-0.2, 0) is 13.0 Å². The zero-order chi connectivity index (χ0) is 12.7. The molecule has 0 spiro atoms. The van der Waals surface area contributed by atoms with E-state index in [1.54, 1.807) is 18.4 Å². The van der Waals surface area contributed by atoms with Crippen molar-refractivity contribution in [3.05, 3.63) is 16.1 Å². The van der Waals surface area contributed by atoms with Crippen LogP contribution < -0.4 is 10.6 Å². The molecule has 0 radical (unpaired) electrons. The Morgan fingerprint density at radius 2 is 2.29 bits per heavy atom. The molecule has 0 saturated heterocycles. The SMILES string of the molecule is CCc1nc(CNC(=NC)NC(C)CC)cs1. The maximum Gasteiger partial charge on any atom is 0.191 e. The van der Waals surface area contributed by atoms with Crippen molar-refractivity contribution >= 4 is 17.3 Å². The molecule has 0 aromatic carbocycles. The number of aromatic nitrogens is 1. The van der Waals surface area contributed by atoms with Crippen LogP contribution >= 0.6 is 11.3 Å². The second-order valence-electron chi connectivity index (χ2n) is 3.97. The Hall–Kier alpha value is -1.10. The maximum atomic E-state index is 4.51. The van der Waals surface area contributed by atoms with Gasteiger partial charge in [0, 0.05) is 18.5 Å². The molecule has 0 amide bonds. The van der Waals surface area contributed by atoms with Gasteiger partial charge in [0.05, 0.1) is 17.2 Å². The van der Waals surface area contributed by atoms with E-state index in [9.17, 15) is 0 Å². The number of guanidine groups is 1. The van der Waals surface area contributed by atoms with E-state index in [4.69, 9.17) is 0 Å². The van der Waals surface area contributed by atoms with E-state index in [-0.39, 0.29) is 0 Å². The first-order valence-corrected chi connectivity index (χ1v) is 6.98. The third-order valence-electron chi connectivity index (χ3n) is 2.56. The van der Waals surface area contributed by atoms with Gasteiger partial charge in [-0.2, -0.15) is 0 Å². The van der Waals surface area contributed by atoms with E-state index < -0.39 is 0 Å². The highest BCUT2D eigenvalue weighted by molar-refractivity contribution is 7.09. The lowest BCUT2D eigenvalue weighted by molar-refractivity contribution is 0.623. The van der Waals surface area contributed by atoms with Gasteiger partial charge in [0.2, 0.25) is 0 Å². The highest BCUT2D eigenvalue weighted by Gasteiger charge is 2.04. The monoisotopic (exact) mass is 254 g/mol. The van der Waals surface area contributed by atoms with Gasteiger partial charge in [-0.15, -0.1) is 11.3 Å². The van der Waals surface area contributed by atoms with Gasteiger partial charge in [-0.3, -0.25) is 4.99 Å². The molecule has 2 N–H and O–H groups in total. The number of thiazole rings is 1. The Kier molecular flexibility index (Phi) is 5.97. The summed E-state index contributed by atoms with van der Waals surface area (Å²) in [5, 5.41) is 9.88. The summed E-state index contributed by atoms with van der Waals surface area (Å²) in [6.45, 7) is 7.15. The summed E-state index contributed by atoms with van der Waals surface area (Å²) in [6.07, 6.45) is 2.09. The van der Waals surface area contributed by atoms with Crippen LogP contribution in [0.4, 0.5) is 0 Å². The summed E-state index contributed by atoms with van der Waals surface area (Å²) in [6, 6.07) is 0.433. The number of aryl methyl sites for hydroxylation is 1. The summed E-state index contributed by atoms with van der Waals surface area (Å²) >= 11 is 1.72. The number of aliphatic imine (C=N–C) groups is 1. The molecule has 1 atom stereocenters. The van der Waals surface area contributed by atoms with E-state index in [0.29, 0.717) is 6.04 Å². The average molecular weight is 254 g/mol. The van der Waals surface area contributed by atoms with Gasteiger partial charge in [0.1, 0.15) is 0 Å². The minimum Gasteiger partial charge on any atom is -0.354 e. The predicted molar refractivity (Wildman–Crippen MR) is 74.6 cm³/mol. The van der Waals surface area contributed by atoms with Crippen LogP contribution in [0.5, 0.6) is 0 Å².